The van der Waals surface area contributed by atoms with Gasteiger partial charge in [0.15, 0.2) is 6.29 Å². The number of aliphatic hydroxyl groups is 7. The number of carboxylic acid groups (broad SMARTS) is 1. The molecule has 2 saturated heterocycles. The summed E-state index contributed by atoms with van der Waals surface area (Å²) in [5, 5.41) is 84.8. The molecule has 2 heterocycles. The number of nitrogens with one attached hydrogen (secondary N) is 1. The van der Waals surface area contributed by atoms with Gasteiger partial charge in [-0.2, -0.15) is 0 Å². The predicted octanol–water partition coefficient (Wildman–Crippen LogP) is 2.80. The summed E-state index contributed by atoms with van der Waals surface area (Å²) < 4.78 is 22.5. The molecule has 15 heteroatoms. The molecule has 318 valence electrons. The lowest BCUT2D eigenvalue weighted by Gasteiger charge is -2.47. The van der Waals surface area contributed by atoms with Crippen molar-refractivity contribution >= 4 is 11.9 Å². The molecule has 11 atom stereocenters. The number of hydrogen-bond donors (Lipinski definition) is 9. The topological polar surface area (TPSA) is 245 Å². The van der Waals surface area contributed by atoms with E-state index in [1.165, 1.54) is 103 Å². The van der Waals surface area contributed by atoms with Crippen molar-refractivity contribution in [3.63, 3.8) is 0 Å². The Bertz CT molecular complexity index is 1010. The number of aliphatic hydroxyl groups excluding tert-OH is 7. The minimum Gasteiger partial charge on any atom is -0.477 e. The molecule has 0 bridgehead atoms. The van der Waals surface area contributed by atoms with Gasteiger partial charge < -0.3 is 65.1 Å². The highest BCUT2D eigenvalue weighted by Gasteiger charge is 2.56. The fraction of sp³-hybridized carbons (Fsp3) is 0.949. The molecule has 9 N–H and O–H groups in total. The monoisotopic (exact) mass is 780 g/mol. The first-order valence-electron chi connectivity index (χ1n) is 20.7. The summed E-state index contributed by atoms with van der Waals surface area (Å²) in [7, 11) is 0. The number of carbonyl (C=O) groups is 2. The van der Waals surface area contributed by atoms with Crippen molar-refractivity contribution in [1.29, 1.82) is 0 Å². The minimum absolute atomic E-state index is 0.211. The zero-order valence-electron chi connectivity index (χ0n) is 32.8. The highest BCUT2D eigenvalue weighted by molar-refractivity contribution is 5.76. The summed E-state index contributed by atoms with van der Waals surface area (Å²) >= 11 is 0. The molecule has 15 nitrogen and oxygen atoms in total. The molecule has 0 aliphatic carbocycles. The molecule has 2 rings (SSSR count). The van der Waals surface area contributed by atoms with Crippen LogP contribution in [0.2, 0.25) is 0 Å². The van der Waals surface area contributed by atoms with Crippen LogP contribution in [0.15, 0.2) is 0 Å². The Balaban J connectivity index is 1.68. The number of amides is 1. The first kappa shape index (κ1) is 48.6. The van der Waals surface area contributed by atoms with Crippen molar-refractivity contribution in [2.24, 2.45) is 0 Å². The second-order valence-corrected chi connectivity index (χ2v) is 15.3. The Morgan fingerprint density at radius 2 is 1.24 bits per heavy atom. The van der Waals surface area contributed by atoms with Crippen molar-refractivity contribution < 1.29 is 69.4 Å². The highest BCUT2D eigenvalue weighted by atomic mass is 16.7. The van der Waals surface area contributed by atoms with Crippen molar-refractivity contribution in [3.8, 4) is 0 Å². The lowest BCUT2D eigenvalue weighted by atomic mass is 9.88. The molecule has 2 aliphatic heterocycles. The SMILES string of the molecule is CCCCCCCCCCCCCCCCCCCCCCO[C@@H]1O[C@H](CO[C@]2(C(=O)O)C[C@H](O)[C@@H](NC(C)=O)[C@H]([C@H](O)[C@H](O)CO)O2)[C@@H](O)[C@H](O)[C@H]1O. The van der Waals surface area contributed by atoms with Crippen LogP contribution in [0.1, 0.15) is 149 Å². The van der Waals surface area contributed by atoms with Crippen molar-refractivity contribution in [2.75, 3.05) is 19.8 Å². The van der Waals surface area contributed by atoms with E-state index in [9.17, 15) is 50.4 Å². The maximum atomic E-state index is 12.4. The standard InChI is InChI=1S/C39H73NO14/c1-3-4-5-6-7-8-9-10-11-12-13-14-15-16-17-18-19-20-21-22-23-51-37-35(48)34(47)33(46)30(53-37)26-52-39(38(49)50)24-28(43)31(40-27(2)42)36(54-39)32(45)29(44)25-41/h28-37,41,43-48H,3-26H2,1-2H3,(H,40,42)(H,49,50)/t28-,29+,30+,31+,32+,33+,34-,35+,36+,37+,39+/m0/s1. The van der Waals surface area contributed by atoms with Gasteiger partial charge in [0.1, 0.15) is 42.7 Å². The van der Waals surface area contributed by atoms with E-state index in [1.807, 2.05) is 0 Å². The van der Waals surface area contributed by atoms with Crippen molar-refractivity contribution in [1.82, 2.24) is 5.32 Å². The van der Waals surface area contributed by atoms with Gasteiger partial charge in [-0.15, -0.1) is 0 Å². The Kier molecular flexibility index (Phi) is 24.5. The average Bonchev–Trinajstić information content (AvgIpc) is 3.14. The molecule has 0 saturated carbocycles. The molecule has 1 amide bonds. The minimum atomic E-state index is -2.66. The van der Waals surface area contributed by atoms with Crippen LogP contribution in [0.3, 0.4) is 0 Å². The molecule has 0 aromatic rings. The maximum absolute atomic E-state index is 12.4. The van der Waals surface area contributed by atoms with E-state index in [-0.39, 0.29) is 6.61 Å². The van der Waals surface area contributed by atoms with Gasteiger partial charge in [-0.3, -0.25) is 4.79 Å². The van der Waals surface area contributed by atoms with E-state index in [4.69, 9.17) is 18.9 Å². The summed E-state index contributed by atoms with van der Waals surface area (Å²) in [6.07, 6.45) is 9.41. The second kappa shape index (κ2) is 27.2. The number of aliphatic carboxylic acids is 1. The smallest absolute Gasteiger partial charge is 0.364 e. The van der Waals surface area contributed by atoms with Crippen LogP contribution >= 0.6 is 0 Å². The summed E-state index contributed by atoms with van der Waals surface area (Å²) in [4.78, 5) is 24.2. The second-order valence-electron chi connectivity index (χ2n) is 15.3. The third-order valence-corrected chi connectivity index (χ3v) is 10.6. The van der Waals surface area contributed by atoms with Gasteiger partial charge in [0, 0.05) is 20.0 Å². The van der Waals surface area contributed by atoms with Gasteiger partial charge in [0.25, 0.3) is 5.79 Å². The number of carboxylic acids is 1. The molecule has 0 radical (unpaired) electrons. The average molecular weight is 780 g/mol. The Hall–Kier alpha value is -1.50. The van der Waals surface area contributed by atoms with Gasteiger partial charge >= 0.3 is 5.97 Å². The number of hydrogen-bond acceptors (Lipinski definition) is 13. The van der Waals surface area contributed by atoms with E-state index in [0.29, 0.717) is 6.42 Å². The molecule has 2 fully saturated rings. The lowest BCUT2D eigenvalue weighted by Crippen LogP contribution is -2.68. The largest absolute Gasteiger partial charge is 0.477 e. The summed E-state index contributed by atoms with van der Waals surface area (Å²) in [6.45, 7) is 1.93. The van der Waals surface area contributed by atoms with Crippen LogP contribution in [-0.2, 0) is 28.5 Å². The van der Waals surface area contributed by atoms with E-state index in [0.717, 1.165) is 26.2 Å². The highest BCUT2D eigenvalue weighted by Crippen LogP contribution is 2.35. The Morgan fingerprint density at radius 3 is 1.69 bits per heavy atom. The molecule has 0 spiro atoms. The zero-order valence-corrected chi connectivity index (χ0v) is 32.8. The van der Waals surface area contributed by atoms with E-state index < -0.39 is 98.5 Å². The normalized spacial score (nSPS) is 29.9. The van der Waals surface area contributed by atoms with E-state index >= 15 is 0 Å². The van der Waals surface area contributed by atoms with Gasteiger partial charge in [-0.25, -0.2) is 4.79 Å². The van der Waals surface area contributed by atoms with Crippen LogP contribution in [0.4, 0.5) is 0 Å². The maximum Gasteiger partial charge on any atom is 0.364 e. The zero-order chi connectivity index (χ0) is 39.9. The van der Waals surface area contributed by atoms with Gasteiger partial charge in [-0.1, -0.05) is 129 Å². The number of carbonyl (C=O) groups excluding carboxylic acids is 1. The van der Waals surface area contributed by atoms with Gasteiger partial charge in [-0.05, 0) is 6.42 Å². The Labute approximate surface area is 321 Å². The summed E-state index contributed by atoms with van der Waals surface area (Å²) in [6, 6.07) is -1.38. The van der Waals surface area contributed by atoms with Crippen LogP contribution < -0.4 is 5.32 Å². The summed E-state index contributed by atoms with van der Waals surface area (Å²) in [5.41, 5.74) is 0. The molecule has 0 unspecified atom stereocenters. The Morgan fingerprint density at radius 1 is 0.759 bits per heavy atom. The molecular weight excluding hydrogens is 706 g/mol. The van der Waals surface area contributed by atoms with Gasteiger partial charge in [0.2, 0.25) is 5.91 Å². The fourth-order valence-corrected chi connectivity index (χ4v) is 7.24. The molecular formula is C39H73NO14. The molecule has 0 aromatic heterocycles. The summed E-state index contributed by atoms with van der Waals surface area (Å²) in [5.74, 6) is -5.05. The quantitative estimate of drug-likeness (QED) is 0.0477. The van der Waals surface area contributed by atoms with Crippen LogP contribution in [-0.4, -0.2) is 140 Å². The van der Waals surface area contributed by atoms with Crippen molar-refractivity contribution in [3.05, 3.63) is 0 Å². The molecule has 54 heavy (non-hydrogen) atoms. The fourth-order valence-electron chi connectivity index (χ4n) is 7.24. The number of rotatable bonds is 30. The third-order valence-electron chi connectivity index (χ3n) is 10.6. The van der Waals surface area contributed by atoms with Gasteiger partial charge in [0.05, 0.1) is 25.4 Å². The number of unbranched alkanes of at least 4 members (excludes halogenated alkanes) is 19. The van der Waals surface area contributed by atoms with Crippen LogP contribution in [0.5, 0.6) is 0 Å². The first-order valence-corrected chi connectivity index (χ1v) is 20.7. The van der Waals surface area contributed by atoms with Crippen LogP contribution in [0, 0.1) is 0 Å². The predicted molar refractivity (Wildman–Crippen MR) is 199 cm³/mol. The molecule has 0 aromatic carbocycles. The number of ether oxygens (including phenoxy) is 4. The molecule has 2 aliphatic rings. The third kappa shape index (κ3) is 16.9. The van der Waals surface area contributed by atoms with Crippen LogP contribution in [0.25, 0.3) is 0 Å². The van der Waals surface area contributed by atoms with E-state index in [1.54, 1.807) is 0 Å². The van der Waals surface area contributed by atoms with E-state index in [2.05, 4.69) is 12.2 Å². The van der Waals surface area contributed by atoms with Crippen molar-refractivity contribution in [2.45, 2.75) is 216 Å². The lowest BCUT2D eigenvalue weighted by molar-refractivity contribution is -0.338. The first-order chi connectivity index (χ1) is 25.9.